The maximum atomic E-state index is 12.8. The summed E-state index contributed by atoms with van der Waals surface area (Å²) in [6.07, 6.45) is 0.850. The molecule has 2 aliphatic rings. The Balaban J connectivity index is 2.09. The Bertz CT molecular complexity index is 648. The number of nitrogens with zero attached hydrogens (tertiary/aromatic N) is 1. The van der Waals surface area contributed by atoms with Crippen LogP contribution in [0.5, 0.6) is 0 Å². The third-order valence-corrected chi connectivity index (χ3v) is 5.72. The first-order valence-electron chi connectivity index (χ1n) is 7.34. The molecule has 1 saturated heterocycles. The van der Waals surface area contributed by atoms with Crippen LogP contribution >= 0.6 is 23.2 Å². The van der Waals surface area contributed by atoms with Crippen molar-refractivity contribution in [2.75, 3.05) is 4.90 Å². The monoisotopic (exact) mass is 341 g/mol. The number of carbonyl (C=O) groups is 2. The molecule has 5 unspecified atom stereocenters. The lowest BCUT2D eigenvalue weighted by atomic mass is 9.69. The van der Waals surface area contributed by atoms with E-state index in [9.17, 15) is 14.7 Å². The van der Waals surface area contributed by atoms with Gasteiger partial charge in [-0.15, -0.1) is 0 Å². The van der Waals surface area contributed by atoms with Gasteiger partial charge in [0.25, 0.3) is 0 Å². The van der Waals surface area contributed by atoms with Gasteiger partial charge in [0.2, 0.25) is 5.91 Å². The molecule has 4 nitrogen and oxygen atoms in total. The van der Waals surface area contributed by atoms with Gasteiger partial charge in [-0.25, -0.2) is 0 Å². The average molecular weight is 342 g/mol. The molecular formula is C16H17Cl2NO3. The molecule has 1 aliphatic heterocycles. The topological polar surface area (TPSA) is 57.6 Å². The maximum Gasteiger partial charge on any atom is 0.309 e. The Morgan fingerprint density at radius 2 is 1.91 bits per heavy atom. The summed E-state index contributed by atoms with van der Waals surface area (Å²) < 4.78 is 0. The fraction of sp³-hybridized carbons (Fsp3) is 0.500. The van der Waals surface area contributed by atoms with Gasteiger partial charge in [0.1, 0.15) is 0 Å². The molecule has 2 fully saturated rings. The number of fused-ring (bicyclic) bond motifs is 2. The van der Waals surface area contributed by atoms with Crippen molar-refractivity contribution in [1.82, 2.24) is 0 Å². The number of hydrogen-bond donors (Lipinski definition) is 1. The Hall–Kier alpha value is -1.26. The van der Waals surface area contributed by atoms with Gasteiger partial charge >= 0.3 is 5.97 Å². The molecule has 1 saturated carbocycles. The number of aliphatic carboxylic acids is 1. The van der Waals surface area contributed by atoms with E-state index < -0.39 is 17.8 Å². The second-order valence-corrected chi connectivity index (χ2v) is 7.19. The van der Waals surface area contributed by atoms with Crippen LogP contribution in [0.1, 0.15) is 20.3 Å². The van der Waals surface area contributed by atoms with Crippen LogP contribution in [0.3, 0.4) is 0 Å². The Labute approximate surface area is 139 Å². The van der Waals surface area contributed by atoms with Gasteiger partial charge in [-0.3, -0.25) is 9.59 Å². The van der Waals surface area contributed by atoms with Gasteiger partial charge in [0, 0.05) is 5.69 Å². The second-order valence-electron chi connectivity index (χ2n) is 6.38. The second kappa shape index (κ2) is 5.43. The third-order valence-electron chi connectivity index (χ3n) is 4.98. The molecule has 22 heavy (non-hydrogen) atoms. The fourth-order valence-electron chi connectivity index (χ4n) is 4.15. The Kier molecular flexibility index (Phi) is 3.86. The van der Waals surface area contributed by atoms with E-state index >= 15 is 0 Å². The number of halogens is 2. The first-order chi connectivity index (χ1) is 10.3. The van der Waals surface area contributed by atoms with Crippen molar-refractivity contribution in [2.45, 2.75) is 26.3 Å². The van der Waals surface area contributed by atoms with Crippen LogP contribution in [-0.2, 0) is 9.59 Å². The summed E-state index contributed by atoms with van der Waals surface area (Å²) in [7, 11) is 0. The zero-order chi connectivity index (χ0) is 16.2. The van der Waals surface area contributed by atoms with Gasteiger partial charge in [0.15, 0.2) is 0 Å². The van der Waals surface area contributed by atoms with E-state index in [1.54, 1.807) is 23.1 Å². The standard InChI is InChI=1S/C16H17Cl2NO3/c1-7-5-8(2)14-13(16(21)22)12(7)15(20)19(14)9-3-4-10(17)11(18)6-9/h3-4,6-8,12-14H,5H2,1-2H3,(H,21,22). The lowest BCUT2D eigenvalue weighted by molar-refractivity contribution is -0.147. The first kappa shape index (κ1) is 15.6. The van der Waals surface area contributed by atoms with Crippen molar-refractivity contribution in [2.24, 2.45) is 23.7 Å². The Morgan fingerprint density at radius 3 is 2.50 bits per heavy atom. The highest BCUT2D eigenvalue weighted by molar-refractivity contribution is 6.42. The number of anilines is 1. The van der Waals surface area contributed by atoms with Gasteiger partial charge in [-0.2, -0.15) is 0 Å². The molecule has 6 heteroatoms. The minimum Gasteiger partial charge on any atom is -0.481 e. The molecule has 1 heterocycles. The molecule has 0 radical (unpaired) electrons. The summed E-state index contributed by atoms with van der Waals surface area (Å²) in [6, 6.07) is 4.67. The molecule has 1 aliphatic carbocycles. The van der Waals surface area contributed by atoms with Crippen molar-refractivity contribution in [1.29, 1.82) is 0 Å². The third kappa shape index (κ3) is 2.20. The highest BCUT2D eigenvalue weighted by Gasteiger charge is 2.58. The fourth-order valence-corrected chi connectivity index (χ4v) is 4.44. The first-order valence-corrected chi connectivity index (χ1v) is 8.09. The minimum atomic E-state index is -0.899. The summed E-state index contributed by atoms with van der Waals surface area (Å²) in [4.78, 5) is 26.2. The number of amides is 1. The van der Waals surface area contributed by atoms with Crippen molar-refractivity contribution in [3.8, 4) is 0 Å². The van der Waals surface area contributed by atoms with Crippen LogP contribution in [0.15, 0.2) is 18.2 Å². The largest absolute Gasteiger partial charge is 0.481 e. The lowest BCUT2D eigenvalue weighted by Crippen LogP contribution is -2.45. The molecule has 3 rings (SSSR count). The van der Waals surface area contributed by atoms with Crippen LogP contribution in [0.4, 0.5) is 5.69 Å². The van der Waals surface area contributed by atoms with Crippen molar-refractivity contribution >= 4 is 40.8 Å². The van der Waals surface area contributed by atoms with Gasteiger partial charge < -0.3 is 10.0 Å². The average Bonchev–Trinajstić information content (AvgIpc) is 2.70. The molecule has 2 bridgehead atoms. The van der Waals surface area contributed by atoms with E-state index in [1.165, 1.54) is 0 Å². The number of carboxylic acid groups (broad SMARTS) is 1. The van der Waals surface area contributed by atoms with Gasteiger partial charge in [-0.1, -0.05) is 37.0 Å². The van der Waals surface area contributed by atoms with Crippen molar-refractivity contribution in [3.05, 3.63) is 28.2 Å². The summed E-state index contributed by atoms with van der Waals surface area (Å²) in [5.74, 6) is -1.97. The number of carbonyl (C=O) groups excluding carboxylic acids is 1. The van der Waals surface area contributed by atoms with Crippen LogP contribution in [0.2, 0.25) is 10.0 Å². The Morgan fingerprint density at radius 1 is 1.23 bits per heavy atom. The smallest absolute Gasteiger partial charge is 0.309 e. The van der Waals surface area contributed by atoms with E-state index in [1.807, 2.05) is 13.8 Å². The summed E-state index contributed by atoms with van der Waals surface area (Å²) in [5, 5.41) is 10.4. The molecule has 0 aromatic heterocycles. The van der Waals surface area contributed by atoms with Crippen LogP contribution < -0.4 is 4.90 Å². The number of benzene rings is 1. The summed E-state index contributed by atoms with van der Waals surface area (Å²) in [6.45, 7) is 3.97. The van der Waals surface area contributed by atoms with Crippen molar-refractivity contribution < 1.29 is 14.7 Å². The molecule has 1 amide bonds. The van der Waals surface area contributed by atoms with Crippen LogP contribution in [0, 0.1) is 23.7 Å². The van der Waals surface area contributed by atoms with E-state index in [4.69, 9.17) is 23.2 Å². The summed E-state index contributed by atoms with van der Waals surface area (Å²) >= 11 is 12.0. The molecule has 118 valence electrons. The molecule has 1 aromatic rings. The van der Waals surface area contributed by atoms with Gasteiger partial charge in [-0.05, 0) is 36.5 Å². The van der Waals surface area contributed by atoms with Crippen LogP contribution in [-0.4, -0.2) is 23.0 Å². The molecular weight excluding hydrogens is 325 g/mol. The summed E-state index contributed by atoms with van der Waals surface area (Å²) in [5.41, 5.74) is 0.624. The predicted molar refractivity (Wildman–Crippen MR) is 85.3 cm³/mol. The van der Waals surface area contributed by atoms with E-state index in [-0.39, 0.29) is 23.8 Å². The zero-order valence-corrected chi connectivity index (χ0v) is 13.8. The predicted octanol–water partition coefficient (Wildman–Crippen LogP) is 3.70. The van der Waals surface area contributed by atoms with Gasteiger partial charge in [0.05, 0.1) is 27.9 Å². The highest BCUT2D eigenvalue weighted by atomic mass is 35.5. The number of rotatable bonds is 2. The number of carboxylic acids is 1. The number of hydrogen-bond acceptors (Lipinski definition) is 2. The maximum absolute atomic E-state index is 12.8. The molecule has 0 spiro atoms. The lowest BCUT2D eigenvalue weighted by Gasteiger charge is -2.36. The minimum absolute atomic E-state index is 0.0626. The van der Waals surface area contributed by atoms with E-state index in [0.29, 0.717) is 15.7 Å². The van der Waals surface area contributed by atoms with Crippen LogP contribution in [0.25, 0.3) is 0 Å². The highest BCUT2D eigenvalue weighted by Crippen LogP contribution is 2.49. The van der Waals surface area contributed by atoms with Crippen molar-refractivity contribution in [3.63, 3.8) is 0 Å². The molecule has 5 atom stereocenters. The SMILES string of the molecule is CC1CC(C)C2C(C(=O)O)C1C(=O)N2c1ccc(Cl)c(Cl)c1. The van der Waals surface area contributed by atoms with E-state index in [2.05, 4.69) is 0 Å². The quantitative estimate of drug-likeness (QED) is 0.892. The molecule has 1 N–H and O–H groups in total. The normalized spacial score (nSPS) is 34.1. The van der Waals surface area contributed by atoms with E-state index in [0.717, 1.165) is 6.42 Å². The molecule has 1 aromatic carbocycles. The zero-order valence-electron chi connectivity index (χ0n) is 12.3.